The summed E-state index contributed by atoms with van der Waals surface area (Å²) in [7, 11) is 0. The molecule has 2 aromatic heterocycles. The first-order valence-electron chi connectivity index (χ1n) is 5.12. The van der Waals surface area contributed by atoms with Crippen LogP contribution in [0.25, 0.3) is 10.9 Å². The number of aromatic hydroxyl groups is 1. The van der Waals surface area contributed by atoms with Crippen molar-refractivity contribution in [2.45, 2.75) is 6.92 Å². The van der Waals surface area contributed by atoms with E-state index < -0.39 is 22.8 Å². The van der Waals surface area contributed by atoms with E-state index in [4.69, 9.17) is 4.74 Å². The quantitative estimate of drug-likeness (QED) is 0.648. The number of halogens is 1. The van der Waals surface area contributed by atoms with Gasteiger partial charge in [0, 0.05) is 6.20 Å². The van der Waals surface area contributed by atoms with Crippen molar-refractivity contribution in [3.63, 3.8) is 0 Å². The average Bonchev–Trinajstić information content (AvgIpc) is 2.28. The zero-order valence-corrected chi connectivity index (χ0v) is 10.9. The monoisotopic (exact) mass is 312 g/mol. The molecule has 2 rings (SSSR count). The second-order valence-corrected chi connectivity index (χ2v) is 4.26. The molecular formula is C11H9BrN2O4. The summed E-state index contributed by atoms with van der Waals surface area (Å²) in [6.45, 7) is 1.73. The fourth-order valence-electron chi connectivity index (χ4n) is 1.54. The van der Waals surface area contributed by atoms with Gasteiger partial charge >= 0.3 is 5.97 Å². The van der Waals surface area contributed by atoms with Crippen LogP contribution in [0.5, 0.6) is 5.75 Å². The van der Waals surface area contributed by atoms with Gasteiger partial charge in [0.2, 0.25) is 0 Å². The van der Waals surface area contributed by atoms with Crippen LogP contribution in [-0.2, 0) is 4.74 Å². The number of aromatic nitrogens is 2. The molecule has 0 amide bonds. The maximum absolute atomic E-state index is 11.7. The van der Waals surface area contributed by atoms with Crippen molar-refractivity contribution in [1.29, 1.82) is 0 Å². The van der Waals surface area contributed by atoms with E-state index in [9.17, 15) is 14.7 Å². The summed E-state index contributed by atoms with van der Waals surface area (Å²) in [6.07, 6.45) is 1.35. The molecule has 2 N–H and O–H groups in total. The van der Waals surface area contributed by atoms with E-state index in [0.717, 1.165) is 0 Å². The van der Waals surface area contributed by atoms with Crippen LogP contribution in [0.4, 0.5) is 0 Å². The zero-order chi connectivity index (χ0) is 13.3. The number of fused-ring (bicyclic) bond motifs is 1. The van der Waals surface area contributed by atoms with E-state index in [1.54, 1.807) is 6.92 Å². The maximum Gasteiger partial charge on any atom is 0.347 e. The molecule has 0 saturated heterocycles. The smallest absolute Gasteiger partial charge is 0.347 e. The molecule has 0 fully saturated rings. The minimum atomic E-state index is -0.860. The molecule has 0 unspecified atom stereocenters. The first kappa shape index (κ1) is 12.6. The third-order valence-electron chi connectivity index (χ3n) is 2.32. The van der Waals surface area contributed by atoms with Crippen molar-refractivity contribution in [2.24, 2.45) is 0 Å². The summed E-state index contributed by atoms with van der Waals surface area (Å²) in [5.74, 6) is -1.28. The topological polar surface area (TPSA) is 92.3 Å². The molecule has 0 aliphatic rings. The van der Waals surface area contributed by atoms with Crippen LogP contribution in [0.3, 0.4) is 0 Å². The predicted octanol–water partition coefficient (Wildman–Crippen LogP) is 1.57. The molecule has 0 aromatic carbocycles. The minimum Gasteiger partial charge on any atom is -0.506 e. The van der Waals surface area contributed by atoms with E-state index in [-0.39, 0.29) is 12.0 Å². The van der Waals surface area contributed by atoms with Gasteiger partial charge < -0.3 is 14.8 Å². The molecule has 0 atom stereocenters. The van der Waals surface area contributed by atoms with Crippen molar-refractivity contribution < 1.29 is 14.6 Å². The van der Waals surface area contributed by atoms with E-state index in [1.165, 1.54) is 12.3 Å². The molecule has 0 aliphatic carbocycles. The second-order valence-electron chi connectivity index (χ2n) is 3.45. The number of carbonyl (C=O) groups is 1. The average molecular weight is 313 g/mol. The molecule has 94 valence electrons. The van der Waals surface area contributed by atoms with Crippen molar-refractivity contribution in [1.82, 2.24) is 9.97 Å². The lowest BCUT2D eigenvalue weighted by Crippen LogP contribution is -2.20. The third-order valence-corrected chi connectivity index (χ3v) is 2.75. The lowest BCUT2D eigenvalue weighted by Gasteiger charge is -2.06. The van der Waals surface area contributed by atoms with E-state index in [0.29, 0.717) is 10.1 Å². The Bertz CT molecular complexity index is 681. The minimum absolute atomic E-state index is 0.119. The van der Waals surface area contributed by atoms with E-state index >= 15 is 0 Å². The summed E-state index contributed by atoms with van der Waals surface area (Å²) in [5.41, 5.74) is -0.725. The highest BCUT2D eigenvalue weighted by atomic mass is 79.9. The predicted molar refractivity (Wildman–Crippen MR) is 67.7 cm³/mol. The van der Waals surface area contributed by atoms with Crippen LogP contribution < -0.4 is 5.56 Å². The molecular weight excluding hydrogens is 304 g/mol. The van der Waals surface area contributed by atoms with Gasteiger partial charge in [-0.05, 0) is 28.9 Å². The summed E-state index contributed by atoms with van der Waals surface area (Å²) in [4.78, 5) is 29.7. The highest BCUT2D eigenvalue weighted by Crippen LogP contribution is 2.25. The van der Waals surface area contributed by atoms with E-state index in [1.807, 2.05) is 0 Å². The van der Waals surface area contributed by atoms with Gasteiger partial charge in [-0.2, -0.15) is 0 Å². The number of aromatic amines is 1. The number of hydrogen-bond acceptors (Lipinski definition) is 5. The van der Waals surface area contributed by atoms with Crippen LogP contribution in [0.15, 0.2) is 21.7 Å². The number of ether oxygens (including phenoxy) is 1. The van der Waals surface area contributed by atoms with Gasteiger partial charge in [-0.15, -0.1) is 0 Å². The number of carbonyl (C=O) groups excluding carboxylic acids is 1. The molecule has 0 radical (unpaired) electrons. The number of nitrogens with zero attached hydrogens (tertiary/aromatic N) is 1. The van der Waals surface area contributed by atoms with Crippen LogP contribution in [0.2, 0.25) is 0 Å². The Labute approximate surface area is 110 Å². The molecule has 0 saturated carbocycles. The maximum atomic E-state index is 11.7. The van der Waals surface area contributed by atoms with Gasteiger partial charge in [0.25, 0.3) is 5.56 Å². The number of rotatable bonds is 2. The molecule has 2 aromatic rings. The number of pyridine rings is 2. The van der Waals surface area contributed by atoms with Gasteiger partial charge in [-0.3, -0.25) is 4.79 Å². The molecule has 2 heterocycles. The standard InChI is InChI=1S/C11H9BrN2O4/c1-2-18-11(17)8-9(15)5-4-13-7(12)3-6(5)14-10(8)16/h3-4H,2H2,1H3,(H2,14,15,16). The number of hydrogen-bond donors (Lipinski definition) is 2. The molecule has 0 aliphatic heterocycles. The Morgan fingerprint density at radius 1 is 1.61 bits per heavy atom. The summed E-state index contributed by atoms with van der Waals surface area (Å²) in [5, 5.41) is 10.2. The van der Waals surface area contributed by atoms with Crippen LogP contribution in [0.1, 0.15) is 17.3 Å². The third kappa shape index (κ3) is 2.08. The first-order valence-corrected chi connectivity index (χ1v) is 5.91. The van der Waals surface area contributed by atoms with Crippen molar-refractivity contribution >= 4 is 32.8 Å². The van der Waals surface area contributed by atoms with Gasteiger partial charge in [-0.25, -0.2) is 9.78 Å². The Kier molecular flexibility index (Phi) is 3.33. The van der Waals surface area contributed by atoms with Gasteiger partial charge in [-0.1, -0.05) is 0 Å². The molecule has 6 nitrogen and oxygen atoms in total. The molecule has 18 heavy (non-hydrogen) atoms. The molecule has 7 heteroatoms. The van der Waals surface area contributed by atoms with Crippen LogP contribution >= 0.6 is 15.9 Å². The van der Waals surface area contributed by atoms with Gasteiger partial charge in [0.15, 0.2) is 5.56 Å². The Balaban J connectivity index is 2.73. The fourth-order valence-corrected chi connectivity index (χ4v) is 1.87. The zero-order valence-electron chi connectivity index (χ0n) is 9.36. The normalized spacial score (nSPS) is 10.6. The lowest BCUT2D eigenvalue weighted by molar-refractivity contribution is 0.0521. The van der Waals surface area contributed by atoms with Crippen LogP contribution in [0, 0.1) is 0 Å². The Morgan fingerprint density at radius 3 is 3.00 bits per heavy atom. The number of esters is 1. The second kappa shape index (κ2) is 4.77. The summed E-state index contributed by atoms with van der Waals surface area (Å²) < 4.78 is 5.22. The fraction of sp³-hybridized carbons (Fsp3) is 0.182. The highest BCUT2D eigenvalue weighted by Gasteiger charge is 2.20. The first-order chi connectivity index (χ1) is 8.54. The Morgan fingerprint density at radius 2 is 2.33 bits per heavy atom. The number of nitrogens with one attached hydrogen (secondary N) is 1. The highest BCUT2D eigenvalue weighted by molar-refractivity contribution is 9.10. The van der Waals surface area contributed by atoms with Crippen molar-refractivity contribution in [2.75, 3.05) is 6.61 Å². The molecule has 0 spiro atoms. The van der Waals surface area contributed by atoms with Gasteiger partial charge in [0.1, 0.15) is 10.4 Å². The van der Waals surface area contributed by atoms with Gasteiger partial charge in [0.05, 0.1) is 17.5 Å². The molecule has 0 bridgehead atoms. The Hall–Kier alpha value is -1.89. The van der Waals surface area contributed by atoms with E-state index in [2.05, 4.69) is 25.9 Å². The van der Waals surface area contributed by atoms with Crippen molar-refractivity contribution in [3.8, 4) is 5.75 Å². The van der Waals surface area contributed by atoms with Crippen molar-refractivity contribution in [3.05, 3.63) is 32.8 Å². The summed E-state index contributed by atoms with van der Waals surface area (Å²) in [6, 6.07) is 1.53. The summed E-state index contributed by atoms with van der Waals surface area (Å²) >= 11 is 3.15. The SMILES string of the molecule is CCOC(=O)c1c(O)c2cnc(Br)cc2[nH]c1=O. The lowest BCUT2D eigenvalue weighted by atomic mass is 10.1. The largest absolute Gasteiger partial charge is 0.506 e. The number of H-pyrrole nitrogens is 1. The van der Waals surface area contributed by atoms with Crippen LogP contribution in [-0.4, -0.2) is 27.7 Å².